The van der Waals surface area contributed by atoms with E-state index in [2.05, 4.69) is 10.6 Å². The van der Waals surface area contributed by atoms with Crippen LogP contribution in [0.15, 0.2) is 23.1 Å². The lowest BCUT2D eigenvalue weighted by atomic mass is 10.2. The van der Waals surface area contributed by atoms with Gasteiger partial charge in [-0.25, -0.2) is 13.6 Å². The molecule has 8 heteroatoms. The minimum Gasteiger partial charge on any atom is -0.347 e. The Bertz CT molecular complexity index is 610. The van der Waals surface area contributed by atoms with Gasteiger partial charge >= 0.3 is 0 Å². The highest BCUT2D eigenvalue weighted by Gasteiger charge is 2.11. The molecular formula is C11H15N3O4S. The number of rotatable bonds is 4. The van der Waals surface area contributed by atoms with Gasteiger partial charge in [0.1, 0.15) is 0 Å². The van der Waals surface area contributed by atoms with Crippen molar-refractivity contribution < 1.29 is 18.0 Å². The van der Waals surface area contributed by atoms with Crippen molar-refractivity contribution in [3.63, 3.8) is 0 Å². The number of benzene rings is 1. The summed E-state index contributed by atoms with van der Waals surface area (Å²) in [7, 11) is -3.76. The van der Waals surface area contributed by atoms with Crippen LogP contribution in [0.1, 0.15) is 12.5 Å². The Kier molecular flexibility index (Phi) is 4.62. The lowest BCUT2D eigenvalue weighted by Crippen LogP contribution is -2.31. The highest BCUT2D eigenvalue weighted by Crippen LogP contribution is 2.18. The normalized spacial score (nSPS) is 10.9. The van der Waals surface area contributed by atoms with E-state index < -0.39 is 15.9 Å². The van der Waals surface area contributed by atoms with Crippen molar-refractivity contribution in [2.75, 3.05) is 11.9 Å². The number of carbonyl (C=O) groups is 2. The molecule has 0 aliphatic rings. The van der Waals surface area contributed by atoms with E-state index in [-0.39, 0.29) is 17.3 Å². The third-order valence-corrected chi connectivity index (χ3v) is 3.21. The first-order valence-corrected chi connectivity index (χ1v) is 6.92. The first-order chi connectivity index (χ1) is 8.70. The topological polar surface area (TPSA) is 118 Å². The summed E-state index contributed by atoms with van der Waals surface area (Å²) >= 11 is 0. The van der Waals surface area contributed by atoms with Crippen LogP contribution < -0.4 is 15.8 Å². The van der Waals surface area contributed by atoms with E-state index in [4.69, 9.17) is 5.14 Å². The molecule has 1 aromatic rings. The Balaban J connectivity index is 2.81. The number of nitrogens with one attached hydrogen (secondary N) is 2. The van der Waals surface area contributed by atoms with Gasteiger partial charge < -0.3 is 10.6 Å². The molecule has 1 rings (SSSR count). The fraction of sp³-hybridized carbons (Fsp3) is 0.273. The molecule has 0 spiro atoms. The van der Waals surface area contributed by atoms with Crippen LogP contribution in [-0.2, 0) is 19.6 Å². The monoisotopic (exact) mass is 285 g/mol. The minimum atomic E-state index is -3.76. The van der Waals surface area contributed by atoms with Crippen molar-refractivity contribution in [1.82, 2.24) is 5.32 Å². The first-order valence-electron chi connectivity index (χ1n) is 5.38. The second-order valence-corrected chi connectivity index (χ2v) is 5.54. The number of nitrogens with two attached hydrogens (primary N) is 1. The predicted octanol–water partition coefficient (Wildman–Crippen LogP) is -0.283. The molecule has 0 saturated heterocycles. The standard InChI is InChI=1S/C11H15N3O4S/c1-7-5-9(19(12,17)18)3-4-10(7)14-11(16)6-13-8(2)15/h3-5H,6H2,1-2H3,(H,13,15)(H,14,16)(H2,12,17,18). The van der Waals surface area contributed by atoms with Crippen molar-refractivity contribution in [2.24, 2.45) is 5.14 Å². The van der Waals surface area contributed by atoms with Crippen LogP contribution in [-0.4, -0.2) is 26.8 Å². The maximum absolute atomic E-state index is 11.5. The Morgan fingerprint density at radius 1 is 1.32 bits per heavy atom. The average molecular weight is 285 g/mol. The fourth-order valence-electron chi connectivity index (χ4n) is 1.35. The van der Waals surface area contributed by atoms with E-state index in [1.54, 1.807) is 6.92 Å². The summed E-state index contributed by atoms with van der Waals surface area (Å²) in [6, 6.07) is 4.11. The maximum atomic E-state index is 11.5. The van der Waals surface area contributed by atoms with Gasteiger partial charge in [0.05, 0.1) is 11.4 Å². The summed E-state index contributed by atoms with van der Waals surface area (Å²) in [5.74, 6) is -0.710. The number of hydrogen-bond acceptors (Lipinski definition) is 4. The Hall–Kier alpha value is -1.93. The smallest absolute Gasteiger partial charge is 0.243 e. The van der Waals surface area contributed by atoms with E-state index in [9.17, 15) is 18.0 Å². The van der Waals surface area contributed by atoms with Gasteiger partial charge in [-0.3, -0.25) is 9.59 Å². The van der Waals surface area contributed by atoms with E-state index >= 15 is 0 Å². The van der Waals surface area contributed by atoms with Crippen LogP contribution in [0, 0.1) is 6.92 Å². The SMILES string of the molecule is CC(=O)NCC(=O)Nc1ccc(S(N)(=O)=O)cc1C. The van der Waals surface area contributed by atoms with Gasteiger partial charge in [0, 0.05) is 12.6 Å². The third kappa shape index (κ3) is 4.68. The fourth-order valence-corrected chi connectivity index (χ4v) is 1.95. The van der Waals surface area contributed by atoms with Crippen molar-refractivity contribution in [3.05, 3.63) is 23.8 Å². The van der Waals surface area contributed by atoms with Crippen molar-refractivity contribution in [1.29, 1.82) is 0 Å². The first kappa shape index (κ1) is 15.1. The van der Waals surface area contributed by atoms with Crippen LogP contribution in [0.2, 0.25) is 0 Å². The van der Waals surface area contributed by atoms with Crippen LogP contribution in [0.25, 0.3) is 0 Å². The van der Waals surface area contributed by atoms with Crippen LogP contribution in [0.3, 0.4) is 0 Å². The molecule has 0 aliphatic heterocycles. The summed E-state index contributed by atoms with van der Waals surface area (Å²) in [4.78, 5) is 22.1. The maximum Gasteiger partial charge on any atom is 0.243 e. The van der Waals surface area contributed by atoms with Gasteiger partial charge in [-0.2, -0.15) is 0 Å². The van der Waals surface area contributed by atoms with Crippen LogP contribution >= 0.6 is 0 Å². The number of primary sulfonamides is 1. The molecule has 0 aromatic heterocycles. The summed E-state index contributed by atoms with van der Waals surface area (Å²) in [6.07, 6.45) is 0. The number of carbonyl (C=O) groups excluding carboxylic acids is 2. The summed E-state index contributed by atoms with van der Waals surface area (Å²) in [6.45, 7) is 2.80. The Labute approximate surface area is 111 Å². The van der Waals surface area contributed by atoms with E-state index in [0.29, 0.717) is 11.3 Å². The number of anilines is 1. The highest BCUT2D eigenvalue weighted by molar-refractivity contribution is 7.89. The van der Waals surface area contributed by atoms with Gasteiger partial charge in [-0.1, -0.05) is 0 Å². The zero-order valence-electron chi connectivity index (χ0n) is 10.6. The number of aryl methyl sites for hydroxylation is 1. The molecule has 4 N–H and O–H groups in total. The molecule has 0 aliphatic carbocycles. The molecule has 19 heavy (non-hydrogen) atoms. The molecule has 0 bridgehead atoms. The second-order valence-electron chi connectivity index (χ2n) is 3.98. The molecule has 0 radical (unpaired) electrons. The minimum absolute atomic E-state index is 0.0233. The quantitative estimate of drug-likeness (QED) is 0.704. The van der Waals surface area contributed by atoms with Crippen molar-refractivity contribution in [2.45, 2.75) is 18.7 Å². The third-order valence-electron chi connectivity index (χ3n) is 2.30. The summed E-state index contributed by atoms with van der Waals surface area (Å²) < 4.78 is 22.3. The Morgan fingerprint density at radius 2 is 1.95 bits per heavy atom. The van der Waals surface area contributed by atoms with Gasteiger partial charge in [-0.05, 0) is 30.7 Å². The second kappa shape index (κ2) is 5.81. The molecule has 0 saturated carbocycles. The number of amides is 2. The van der Waals surface area contributed by atoms with Crippen LogP contribution in [0.4, 0.5) is 5.69 Å². The van der Waals surface area contributed by atoms with Gasteiger partial charge in [-0.15, -0.1) is 0 Å². The molecule has 0 heterocycles. The zero-order chi connectivity index (χ0) is 14.6. The molecule has 0 unspecified atom stereocenters. The molecule has 1 aromatic carbocycles. The number of sulfonamides is 1. The molecular weight excluding hydrogens is 270 g/mol. The molecule has 104 valence electrons. The molecule has 0 fully saturated rings. The Morgan fingerprint density at radius 3 is 2.42 bits per heavy atom. The average Bonchev–Trinajstić information content (AvgIpc) is 2.27. The summed E-state index contributed by atoms with van der Waals surface area (Å²) in [5, 5.41) is 9.90. The lowest BCUT2D eigenvalue weighted by molar-refractivity contribution is -0.122. The number of hydrogen-bond donors (Lipinski definition) is 3. The van der Waals surface area contributed by atoms with Crippen molar-refractivity contribution in [3.8, 4) is 0 Å². The van der Waals surface area contributed by atoms with E-state index in [0.717, 1.165) is 0 Å². The van der Waals surface area contributed by atoms with Gasteiger partial charge in [0.15, 0.2) is 0 Å². The molecule has 7 nitrogen and oxygen atoms in total. The predicted molar refractivity (Wildman–Crippen MR) is 69.9 cm³/mol. The van der Waals surface area contributed by atoms with Crippen LogP contribution in [0.5, 0.6) is 0 Å². The molecule has 2 amide bonds. The summed E-state index contributed by atoms with van der Waals surface area (Å²) in [5.41, 5.74) is 1.02. The lowest BCUT2D eigenvalue weighted by Gasteiger charge is -2.09. The van der Waals surface area contributed by atoms with Gasteiger partial charge in [0.2, 0.25) is 21.8 Å². The zero-order valence-corrected chi connectivity index (χ0v) is 11.4. The van der Waals surface area contributed by atoms with E-state index in [1.807, 2.05) is 0 Å². The highest BCUT2D eigenvalue weighted by atomic mass is 32.2. The van der Waals surface area contributed by atoms with E-state index in [1.165, 1.54) is 25.1 Å². The molecule has 0 atom stereocenters. The largest absolute Gasteiger partial charge is 0.347 e. The van der Waals surface area contributed by atoms with Gasteiger partial charge in [0.25, 0.3) is 0 Å². The van der Waals surface area contributed by atoms with Crippen molar-refractivity contribution >= 4 is 27.5 Å².